The zero-order chi connectivity index (χ0) is 13.8. The van der Waals surface area contributed by atoms with Gasteiger partial charge in [-0.1, -0.05) is 53.7 Å². The van der Waals surface area contributed by atoms with Gasteiger partial charge >= 0.3 is 0 Å². The summed E-state index contributed by atoms with van der Waals surface area (Å²) in [5.74, 6) is 1.39. The molecule has 1 aliphatic carbocycles. The van der Waals surface area contributed by atoms with Gasteiger partial charge in [-0.25, -0.2) is 0 Å². The van der Waals surface area contributed by atoms with Gasteiger partial charge in [0, 0.05) is 22.8 Å². The van der Waals surface area contributed by atoms with Gasteiger partial charge in [0.05, 0.1) is 0 Å². The molecule has 0 amide bonds. The first kappa shape index (κ1) is 13.8. The van der Waals surface area contributed by atoms with E-state index >= 15 is 0 Å². The van der Waals surface area contributed by atoms with Crippen molar-refractivity contribution in [3.05, 3.63) is 64.4 Å². The molecule has 1 atom stereocenters. The van der Waals surface area contributed by atoms with E-state index < -0.39 is 0 Å². The maximum Gasteiger partial charge on any atom is 0.0270 e. The lowest BCUT2D eigenvalue weighted by molar-refractivity contribution is 0.473. The minimum absolute atomic E-state index is 0.509. The lowest BCUT2D eigenvalue weighted by Crippen LogP contribution is -2.07. The van der Waals surface area contributed by atoms with E-state index in [1.54, 1.807) is 0 Å². The van der Waals surface area contributed by atoms with E-state index in [1.807, 2.05) is 12.4 Å². The van der Waals surface area contributed by atoms with Crippen LogP contribution in [0.4, 0.5) is 0 Å². The van der Waals surface area contributed by atoms with Crippen molar-refractivity contribution in [3.8, 4) is 0 Å². The maximum atomic E-state index is 4.16. The van der Waals surface area contributed by atoms with Crippen LogP contribution in [0, 0.1) is 5.92 Å². The number of hydrogen-bond donors (Lipinski definition) is 0. The highest BCUT2D eigenvalue weighted by atomic mass is 79.9. The van der Waals surface area contributed by atoms with E-state index in [-0.39, 0.29) is 0 Å². The number of halogens is 1. The molecule has 1 aromatic carbocycles. The van der Waals surface area contributed by atoms with Crippen LogP contribution in [0.15, 0.2) is 53.3 Å². The van der Waals surface area contributed by atoms with Crippen LogP contribution in [-0.4, -0.2) is 4.98 Å². The van der Waals surface area contributed by atoms with E-state index in [1.165, 1.54) is 43.2 Å². The Morgan fingerprint density at radius 3 is 2.20 bits per heavy atom. The summed E-state index contributed by atoms with van der Waals surface area (Å²) in [6, 6.07) is 13.1. The summed E-state index contributed by atoms with van der Waals surface area (Å²) in [6.45, 7) is 0. The molecule has 1 unspecified atom stereocenters. The first-order valence-electron chi connectivity index (χ1n) is 7.48. The second kappa shape index (κ2) is 6.53. The molecule has 0 spiro atoms. The largest absolute Gasteiger partial charge is 0.265 e. The van der Waals surface area contributed by atoms with Crippen LogP contribution in [0.1, 0.15) is 49.1 Å². The summed E-state index contributed by atoms with van der Waals surface area (Å²) < 4.78 is 1.15. The highest BCUT2D eigenvalue weighted by Crippen LogP contribution is 2.37. The van der Waals surface area contributed by atoms with Crippen molar-refractivity contribution in [2.45, 2.75) is 38.0 Å². The predicted molar refractivity (Wildman–Crippen MR) is 86.8 cm³/mol. The normalized spacial score (nSPS) is 17.2. The van der Waals surface area contributed by atoms with Crippen molar-refractivity contribution < 1.29 is 0 Å². The number of rotatable bonds is 4. The minimum Gasteiger partial charge on any atom is -0.265 e. The molecule has 1 aliphatic rings. The summed E-state index contributed by atoms with van der Waals surface area (Å²) in [5, 5.41) is 0. The summed E-state index contributed by atoms with van der Waals surface area (Å²) in [6.07, 6.45) is 10.7. The first-order chi connectivity index (χ1) is 9.83. The van der Waals surface area contributed by atoms with Crippen LogP contribution < -0.4 is 0 Å². The fraction of sp³-hybridized carbons (Fsp3) is 0.389. The molecule has 1 fully saturated rings. The van der Waals surface area contributed by atoms with E-state index in [0.717, 1.165) is 10.4 Å². The van der Waals surface area contributed by atoms with Crippen molar-refractivity contribution in [1.29, 1.82) is 0 Å². The number of nitrogens with zero attached hydrogens (tertiary/aromatic N) is 1. The molecule has 0 bridgehead atoms. The monoisotopic (exact) mass is 329 g/mol. The Hall–Kier alpha value is -1.15. The molecule has 1 heterocycles. The van der Waals surface area contributed by atoms with Gasteiger partial charge < -0.3 is 0 Å². The fourth-order valence-electron chi connectivity index (χ4n) is 3.33. The number of aromatic nitrogens is 1. The Morgan fingerprint density at radius 1 is 0.950 bits per heavy atom. The Bertz CT molecular complexity index is 529. The summed E-state index contributed by atoms with van der Waals surface area (Å²) in [5.41, 5.74) is 2.82. The molecule has 0 saturated heterocycles. The third kappa shape index (κ3) is 3.29. The molecule has 104 valence electrons. The van der Waals surface area contributed by atoms with Gasteiger partial charge in [0.25, 0.3) is 0 Å². The van der Waals surface area contributed by atoms with Gasteiger partial charge in [0.2, 0.25) is 0 Å². The molecule has 2 heteroatoms. The highest BCUT2D eigenvalue weighted by Gasteiger charge is 2.22. The van der Waals surface area contributed by atoms with Crippen LogP contribution in [-0.2, 0) is 0 Å². The SMILES string of the molecule is Brc1ccc(C(CC2CCCC2)c2ccncc2)cc1. The highest BCUT2D eigenvalue weighted by molar-refractivity contribution is 9.10. The molecule has 1 nitrogen and oxygen atoms in total. The topological polar surface area (TPSA) is 12.9 Å². The number of hydrogen-bond acceptors (Lipinski definition) is 1. The molecular weight excluding hydrogens is 310 g/mol. The molecule has 20 heavy (non-hydrogen) atoms. The van der Waals surface area contributed by atoms with Gasteiger partial charge in [-0.15, -0.1) is 0 Å². The smallest absolute Gasteiger partial charge is 0.0270 e. The Morgan fingerprint density at radius 2 is 1.55 bits per heavy atom. The van der Waals surface area contributed by atoms with Crippen molar-refractivity contribution in [2.75, 3.05) is 0 Å². The van der Waals surface area contributed by atoms with Gasteiger partial charge in [-0.2, -0.15) is 0 Å². The van der Waals surface area contributed by atoms with E-state index in [0.29, 0.717) is 5.92 Å². The van der Waals surface area contributed by atoms with Gasteiger partial charge in [0.1, 0.15) is 0 Å². The van der Waals surface area contributed by atoms with Gasteiger partial charge in [-0.05, 0) is 47.7 Å². The van der Waals surface area contributed by atoms with Crippen LogP contribution in [0.2, 0.25) is 0 Å². The van der Waals surface area contributed by atoms with E-state index in [4.69, 9.17) is 0 Å². The first-order valence-corrected chi connectivity index (χ1v) is 8.27. The number of pyridine rings is 1. The Kier molecular flexibility index (Phi) is 4.51. The van der Waals surface area contributed by atoms with Crippen LogP contribution in [0.25, 0.3) is 0 Å². The summed E-state index contributed by atoms with van der Waals surface area (Å²) in [7, 11) is 0. The van der Waals surface area contributed by atoms with Crippen molar-refractivity contribution in [3.63, 3.8) is 0 Å². The van der Waals surface area contributed by atoms with Crippen LogP contribution >= 0.6 is 15.9 Å². The summed E-state index contributed by atoms with van der Waals surface area (Å²) in [4.78, 5) is 4.16. The van der Waals surface area contributed by atoms with Gasteiger partial charge in [0.15, 0.2) is 0 Å². The summed E-state index contributed by atoms with van der Waals surface area (Å²) >= 11 is 3.53. The lowest BCUT2D eigenvalue weighted by atomic mass is 9.83. The second-order valence-electron chi connectivity index (χ2n) is 5.77. The number of benzene rings is 1. The molecular formula is C18H20BrN. The van der Waals surface area contributed by atoms with Crippen molar-refractivity contribution >= 4 is 15.9 Å². The second-order valence-corrected chi connectivity index (χ2v) is 6.69. The third-order valence-corrected chi connectivity index (χ3v) is 4.95. The van der Waals surface area contributed by atoms with Crippen LogP contribution in [0.3, 0.4) is 0 Å². The van der Waals surface area contributed by atoms with Crippen molar-refractivity contribution in [1.82, 2.24) is 4.98 Å². The Balaban J connectivity index is 1.88. The van der Waals surface area contributed by atoms with E-state index in [9.17, 15) is 0 Å². The zero-order valence-electron chi connectivity index (χ0n) is 11.6. The standard InChI is InChI=1S/C18H20BrN/c19-17-7-5-15(6-8-17)18(13-14-3-1-2-4-14)16-9-11-20-12-10-16/h5-12,14,18H,1-4,13H2. The average molecular weight is 330 g/mol. The van der Waals surface area contributed by atoms with Crippen LogP contribution in [0.5, 0.6) is 0 Å². The molecule has 0 N–H and O–H groups in total. The lowest BCUT2D eigenvalue weighted by Gasteiger charge is -2.21. The minimum atomic E-state index is 0.509. The Labute approximate surface area is 129 Å². The van der Waals surface area contributed by atoms with Gasteiger partial charge in [-0.3, -0.25) is 4.98 Å². The predicted octanol–water partition coefficient (Wildman–Crippen LogP) is 5.56. The molecule has 0 aliphatic heterocycles. The average Bonchev–Trinajstić information content (AvgIpc) is 3.00. The quantitative estimate of drug-likeness (QED) is 0.715. The molecule has 2 aromatic rings. The molecule has 1 aromatic heterocycles. The maximum absolute atomic E-state index is 4.16. The zero-order valence-corrected chi connectivity index (χ0v) is 13.2. The van der Waals surface area contributed by atoms with E-state index in [2.05, 4.69) is 57.3 Å². The van der Waals surface area contributed by atoms with Crippen molar-refractivity contribution in [2.24, 2.45) is 5.92 Å². The third-order valence-electron chi connectivity index (χ3n) is 4.42. The fourth-order valence-corrected chi connectivity index (χ4v) is 3.60. The molecule has 1 saturated carbocycles. The molecule has 3 rings (SSSR count). The molecule has 0 radical (unpaired) electrons.